The van der Waals surface area contributed by atoms with Gasteiger partial charge in [-0.2, -0.15) is 0 Å². The molecule has 94 valence electrons. The number of rotatable bonds is 4. The molecule has 0 aliphatic carbocycles. The van der Waals surface area contributed by atoms with E-state index in [0.29, 0.717) is 24.5 Å². The molecule has 1 aromatic carbocycles. The summed E-state index contributed by atoms with van der Waals surface area (Å²) in [5.74, 6) is 0.650. The largest absolute Gasteiger partial charge is 0.378 e. The van der Waals surface area contributed by atoms with Crippen LogP contribution in [0.5, 0.6) is 0 Å². The molecular formula is C13H13BrN2O2. The van der Waals surface area contributed by atoms with E-state index in [9.17, 15) is 4.79 Å². The summed E-state index contributed by atoms with van der Waals surface area (Å²) in [4.78, 5) is 18.6. The van der Waals surface area contributed by atoms with E-state index in [2.05, 4.69) is 25.9 Å². The highest BCUT2D eigenvalue weighted by Gasteiger charge is 2.03. The van der Waals surface area contributed by atoms with Gasteiger partial charge >= 0.3 is 0 Å². The Labute approximate surface area is 113 Å². The normalized spacial score (nSPS) is 10.6. The predicted molar refractivity (Wildman–Crippen MR) is 72.5 cm³/mol. The second kappa shape index (κ2) is 5.93. The molecule has 1 heterocycles. The number of hydrogen-bond donors (Lipinski definition) is 1. The Kier molecular flexibility index (Phi) is 4.28. The van der Waals surface area contributed by atoms with Crippen LogP contribution >= 0.6 is 15.9 Å². The summed E-state index contributed by atoms with van der Waals surface area (Å²) >= 11 is 3.38. The lowest BCUT2D eigenvalue weighted by atomic mass is 10.1. The van der Waals surface area contributed by atoms with Crippen molar-refractivity contribution in [2.45, 2.75) is 13.0 Å². The van der Waals surface area contributed by atoms with Gasteiger partial charge in [0, 0.05) is 24.1 Å². The Bertz CT molecular complexity index is 578. The summed E-state index contributed by atoms with van der Waals surface area (Å²) in [5, 5.41) is 0. The van der Waals surface area contributed by atoms with Crippen LogP contribution in [0, 0.1) is 0 Å². The lowest BCUT2D eigenvalue weighted by molar-refractivity contribution is 0.181. The first-order valence-electron chi connectivity index (χ1n) is 5.50. The van der Waals surface area contributed by atoms with Crippen molar-refractivity contribution in [3.63, 3.8) is 0 Å². The van der Waals surface area contributed by atoms with E-state index < -0.39 is 0 Å². The van der Waals surface area contributed by atoms with Crippen LogP contribution < -0.4 is 5.56 Å². The van der Waals surface area contributed by atoms with Gasteiger partial charge in [0.25, 0.3) is 5.56 Å². The summed E-state index contributed by atoms with van der Waals surface area (Å²) in [5.41, 5.74) is 1.59. The maximum absolute atomic E-state index is 11.5. The van der Waals surface area contributed by atoms with Gasteiger partial charge in [0.2, 0.25) is 0 Å². The van der Waals surface area contributed by atoms with E-state index in [-0.39, 0.29) is 5.56 Å². The fourth-order valence-corrected chi connectivity index (χ4v) is 1.93. The van der Waals surface area contributed by atoms with E-state index in [1.54, 1.807) is 7.11 Å². The molecule has 2 aromatic rings. The Morgan fingerprint density at radius 2 is 2.06 bits per heavy atom. The molecule has 0 atom stereocenters. The van der Waals surface area contributed by atoms with Gasteiger partial charge in [-0.25, -0.2) is 4.98 Å². The molecule has 0 saturated heterocycles. The Hall–Kier alpha value is -1.46. The van der Waals surface area contributed by atoms with Crippen molar-refractivity contribution in [2.24, 2.45) is 0 Å². The van der Waals surface area contributed by atoms with Gasteiger partial charge in [0.05, 0.1) is 12.3 Å². The quantitative estimate of drug-likeness (QED) is 0.942. The highest BCUT2D eigenvalue weighted by atomic mass is 79.9. The van der Waals surface area contributed by atoms with Gasteiger partial charge in [0.1, 0.15) is 5.82 Å². The van der Waals surface area contributed by atoms with Gasteiger partial charge in [-0.05, 0) is 17.7 Å². The van der Waals surface area contributed by atoms with E-state index >= 15 is 0 Å². The molecule has 0 aliphatic rings. The number of nitrogens with zero attached hydrogens (tertiary/aromatic N) is 1. The van der Waals surface area contributed by atoms with Crippen molar-refractivity contribution in [3.8, 4) is 0 Å². The molecule has 4 nitrogen and oxygen atoms in total. The molecule has 1 N–H and O–H groups in total. The van der Waals surface area contributed by atoms with Gasteiger partial charge in [0.15, 0.2) is 0 Å². The van der Waals surface area contributed by atoms with Crippen LogP contribution in [0.25, 0.3) is 0 Å². The molecule has 1 aromatic heterocycles. The molecule has 2 rings (SSSR count). The molecule has 0 fully saturated rings. The van der Waals surface area contributed by atoms with Crippen LogP contribution in [0.15, 0.2) is 39.6 Å². The fraction of sp³-hybridized carbons (Fsp3) is 0.231. The predicted octanol–water partition coefficient (Wildman–Crippen LogP) is 2.27. The third-order valence-corrected chi connectivity index (χ3v) is 2.95. The molecule has 5 heteroatoms. The van der Waals surface area contributed by atoms with E-state index in [1.165, 1.54) is 6.07 Å². The van der Waals surface area contributed by atoms with Crippen LogP contribution in [0.4, 0.5) is 0 Å². The molecule has 0 radical (unpaired) electrons. The summed E-state index contributed by atoms with van der Waals surface area (Å²) in [6, 6.07) is 9.37. The van der Waals surface area contributed by atoms with E-state index in [1.807, 2.05) is 24.3 Å². The Morgan fingerprint density at radius 1 is 1.33 bits per heavy atom. The fourth-order valence-electron chi connectivity index (χ4n) is 1.66. The first-order chi connectivity index (χ1) is 8.67. The summed E-state index contributed by atoms with van der Waals surface area (Å²) < 4.78 is 6.01. The monoisotopic (exact) mass is 308 g/mol. The maximum Gasteiger partial charge on any atom is 0.251 e. The minimum Gasteiger partial charge on any atom is -0.378 e. The first-order valence-corrected chi connectivity index (χ1v) is 6.29. The molecule has 0 aliphatic heterocycles. The second-order valence-corrected chi connectivity index (χ2v) is 4.84. The summed E-state index contributed by atoms with van der Waals surface area (Å²) in [7, 11) is 1.58. The SMILES string of the molecule is COCc1cc(=O)[nH]c(Cc2ccc(Br)cc2)n1. The smallest absolute Gasteiger partial charge is 0.251 e. The van der Waals surface area contributed by atoms with E-state index in [4.69, 9.17) is 4.74 Å². The number of nitrogens with one attached hydrogen (secondary N) is 1. The number of methoxy groups -OCH3 is 1. The van der Waals surface area contributed by atoms with Crippen molar-refractivity contribution in [2.75, 3.05) is 7.11 Å². The second-order valence-electron chi connectivity index (χ2n) is 3.92. The third-order valence-electron chi connectivity index (χ3n) is 2.42. The first kappa shape index (κ1) is 13.0. The molecule has 0 amide bonds. The van der Waals surface area contributed by atoms with Crippen LogP contribution in [-0.4, -0.2) is 17.1 Å². The number of benzene rings is 1. The lowest BCUT2D eigenvalue weighted by Crippen LogP contribution is -2.13. The van der Waals surface area contributed by atoms with Crippen LogP contribution in [0.1, 0.15) is 17.1 Å². The standard InChI is InChI=1S/C13H13BrN2O2/c1-18-8-11-7-13(17)16-12(15-11)6-9-2-4-10(14)5-3-9/h2-5,7H,6,8H2,1H3,(H,15,16,17). The average Bonchev–Trinajstić information content (AvgIpc) is 2.32. The summed E-state index contributed by atoms with van der Waals surface area (Å²) in [6.07, 6.45) is 0.597. The van der Waals surface area contributed by atoms with Crippen molar-refractivity contribution < 1.29 is 4.74 Å². The van der Waals surface area contributed by atoms with Crippen molar-refractivity contribution in [3.05, 3.63) is 62.2 Å². The van der Waals surface area contributed by atoms with Gasteiger partial charge in [-0.3, -0.25) is 4.79 Å². The topological polar surface area (TPSA) is 55.0 Å². The van der Waals surface area contributed by atoms with Crippen molar-refractivity contribution in [1.82, 2.24) is 9.97 Å². The number of halogens is 1. The lowest BCUT2D eigenvalue weighted by Gasteiger charge is -2.04. The zero-order valence-electron chi connectivity index (χ0n) is 9.94. The van der Waals surface area contributed by atoms with Crippen LogP contribution in [0.2, 0.25) is 0 Å². The van der Waals surface area contributed by atoms with Crippen LogP contribution in [-0.2, 0) is 17.8 Å². The summed E-state index contributed by atoms with van der Waals surface area (Å²) in [6.45, 7) is 0.345. The maximum atomic E-state index is 11.5. The number of aromatic amines is 1. The van der Waals surface area contributed by atoms with E-state index in [0.717, 1.165) is 10.0 Å². The highest BCUT2D eigenvalue weighted by molar-refractivity contribution is 9.10. The van der Waals surface area contributed by atoms with Crippen molar-refractivity contribution >= 4 is 15.9 Å². The minimum absolute atomic E-state index is 0.149. The van der Waals surface area contributed by atoms with Gasteiger partial charge < -0.3 is 9.72 Å². The van der Waals surface area contributed by atoms with Gasteiger partial charge in [-0.15, -0.1) is 0 Å². The number of ether oxygens (including phenoxy) is 1. The molecular weight excluding hydrogens is 296 g/mol. The zero-order chi connectivity index (χ0) is 13.0. The average molecular weight is 309 g/mol. The molecule has 0 saturated carbocycles. The molecule has 0 bridgehead atoms. The molecule has 0 unspecified atom stereocenters. The zero-order valence-corrected chi connectivity index (χ0v) is 11.5. The number of aromatic nitrogens is 2. The molecule has 18 heavy (non-hydrogen) atoms. The minimum atomic E-state index is -0.149. The van der Waals surface area contributed by atoms with Crippen molar-refractivity contribution in [1.29, 1.82) is 0 Å². The highest BCUT2D eigenvalue weighted by Crippen LogP contribution is 2.12. The Balaban J connectivity index is 2.23. The third kappa shape index (κ3) is 3.51. The molecule has 0 spiro atoms. The Morgan fingerprint density at radius 3 is 2.72 bits per heavy atom. The number of hydrogen-bond acceptors (Lipinski definition) is 3. The number of H-pyrrole nitrogens is 1. The van der Waals surface area contributed by atoms with Crippen LogP contribution in [0.3, 0.4) is 0 Å². The van der Waals surface area contributed by atoms with Gasteiger partial charge in [-0.1, -0.05) is 28.1 Å².